The molecule has 70 valence electrons. The highest BCUT2D eigenvalue weighted by atomic mass is 19.1. The SMILES string of the molecule is C=Cc1ccc(C(C)(C)C)c(F)c1. The molecule has 0 saturated carbocycles. The Morgan fingerprint density at radius 2 is 1.92 bits per heavy atom. The highest BCUT2D eigenvalue weighted by Crippen LogP contribution is 2.25. The topological polar surface area (TPSA) is 0 Å². The van der Waals surface area contributed by atoms with Gasteiger partial charge >= 0.3 is 0 Å². The van der Waals surface area contributed by atoms with Crippen molar-refractivity contribution in [3.8, 4) is 0 Å². The number of benzene rings is 1. The molecule has 0 atom stereocenters. The first kappa shape index (κ1) is 9.97. The van der Waals surface area contributed by atoms with E-state index in [1.54, 1.807) is 6.08 Å². The maximum absolute atomic E-state index is 13.5. The van der Waals surface area contributed by atoms with Gasteiger partial charge < -0.3 is 0 Å². The molecule has 1 aromatic carbocycles. The summed E-state index contributed by atoms with van der Waals surface area (Å²) in [6.07, 6.45) is 1.65. The summed E-state index contributed by atoms with van der Waals surface area (Å²) in [5, 5.41) is 0. The van der Waals surface area contributed by atoms with Crippen LogP contribution < -0.4 is 0 Å². The zero-order valence-electron chi connectivity index (χ0n) is 8.39. The maximum Gasteiger partial charge on any atom is 0.127 e. The molecule has 1 aromatic rings. The van der Waals surface area contributed by atoms with Crippen molar-refractivity contribution in [1.29, 1.82) is 0 Å². The van der Waals surface area contributed by atoms with E-state index in [1.165, 1.54) is 6.07 Å². The molecule has 0 N–H and O–H groups in total. The largest absolute Gasteiger partial charge is 0.207 e. The summed E-state index contributed by atoms with van der Waals surface area (Å²) in [5.74, 6) is -0.148. The van der Waals surface area contributed by atoms with Gasteiger partial charge in [-0.25, -0.2) is 4.39 Å². The molecule has 0 amide bonds. The zero-order chi connectivity index (χ0) is 10.1. The van der Waals surface area contributed by atoms with Crippen molar-refractivity contribution in [2.24, 2.45) is 0 Å². The average molecular weight is 178 g/mol. The molecule has 0 unspecified atom stereocenters. The van der Waals surface area contributed by atoms with Gasteiger partial charge in [0.1, 0.15) is 5.82 Å². The average Bonchev–Trinajstić information content (AvgIpc) is 2.01. The van der Waals surface area contributed by atoms with Gasteiger partial charge in [0.2, 0.25) is 0 Å². The van der Waals surface area contributed by atoms with Crippen LogP contribution in [0.5, 0.6) is 0 Å². The van der Waals surface area contributed by atoms with Crippen molar-refractivity contribution in [3.63, 3.8) is 0 Å². The van der Waals surface area contributed by atoms with Crippen LogP contribution in [-0.2, 0) is 5.41 Å². The first-order valence-corrected chi connectivity index (χ1v) is 4.37. The molecule has 0 aromatic heterocycles. The van der Waals surface area contributed by atoms with Crippen molar-refractivity contribution < 1.29 is 4.39 Å². The Morgan fingerprint density at radius 3 is 2.31 bits per heavy atom. The zero-order valence-corrected chi connectivity index (χ0v) is 8.39. The van der Waals surface area contributed by atoms with Crippen LogP contribution in [0.4, 0.5) is 4.39 Å². The van der Waals surface area contributed by atoms with Gasteiger partial charge in [-0.1, -0.05) is 45.6 Å². The Kier molecular flexibility index (Phi) is 2.55. The van der Waals surface area contributed by atoms with Gasteiger partial charge in [0.05, 0.1) is 0 Å². The molecule has 0 heterocycles. The molecule has 1 rings (SSSR count). The van der Waals surface area contributed by atoms with Crippen LogP contribution in [0.1, 0.15) is 31.9 Å². The number of hydrogen-bond donors (Lipinski definition) is 0. The first-order valence-electron chi connectivity index (χ1n) is 4.37. The van der Waals surface area contributed by atoms with Gasteiger partial charge in [0.15, 0.2) is 0 Å². The van der Waals surface area contributed by atoms with E-state index in [0.29, 0.717) is 0 Å². The van der Waals surface area contributed by atoms with Crippen LogP contribution in [0.3, 0.4) is 0 Å². The van der Waals surface area contributed by atoms with Crippen molar-refractivity contribution >= 4 is 6.08 Å². The van der Waals surface area contributed by atoms with Crippen LogP contribution in [0.15, 0.2) is 24.8 Å². The standard InChI is InChI=1S/C12H15F/c1-5-9-6-7-10(11(13)8-9)12(2,3)4/h5-8H,1H2,2-4H3. The summed E-state index contributed by atoms with van der Waals surface area (Å²) in [5.41, 5.74) is 1.44. The van der Waals surface area contributed by atoms with Crippen LogP contribution >= 0.6 is 0 Å². The number of rotatable bonds is 1. The molecule has 1 heteroatoms. The Hall–Kier alpha value is -1.11. The van der Waals surface area contributed by atoms with E-state index in [1.807, 2.05) is 32.9 Å². The summed E-state index contributed by atoms with van der Waals surface area (Å²) in [6.45, 7) is 9.59. The predicted octanol–water partition coefficient (Wildman–Crippen LogP) is 3.77. The molecule has 0 radical (unpaired) electrons. The summed E-state index contributed by atoms with van der Waals surface area (Å²) in [6, 6.07) is 5.23. The fourth-order valence-electron chi connectivity index (χ4n) is 1.27. The lowest BCUT2D eigenvalue weighted by Gasteiger charge is -2.19. The van der Waals surface area contributed by atoms with Gasteiger partial charge in [-0.3, -0.25) is 0 Å². The molecule has 0 nitrogen and oxygen atoms in total. The summed E-state index contributed by atoms with van der Waals surface area (Å²) >= 11 is 0. The van der Waals surface area contributed by atoms with Gasteiger partial charge in [0, 0.05) is 0 Å². The molecule has 0 saturated heterocycles. The molecule has 0 aliphatic heterocycles. The van der Waals surface area contributed by atoms with Gasteiger partial charge in [-0.15, -0.1) is 0 Å². The highest BCUT2D eigenvalue weighted by Gasteiger charge is 2.17. The molecule has 0 aliphatic rings. The van der Waals surface area contributed by atoms with Gasteiger partial charge in [-0.2, -0.15) is 0 Å². The Morgan fingerprint density at radius 1 is 1.31 bits per heavy atom. The van der Waals surface area contributed by atoms with E-state index in [-0.39, 0.29) is 11.2 Å². The van der Waals surface area contributed by atoms with E-state index in [2.05, 4.69) is 6.58 Å². The Labute approximate surface area is 79.1 Å². The molecule has 0 spiro atoms. The molecule has 13 heavy (non-hydrogen) atoms. The van der Waals surface area contributed by atoms with E-state index < -0.39 is 0 Å². The third-order valence-electron chi connectivity index (χ3n) is 2.04. The molecular weight excluding hydrogens is 163 g/mol. The second kappa shape index (κ2) is 3.33. The fourth-order valence-corrected chi connectivity index (χ4v) is 1.27. The monoisotopic (exact) mass is 178 g/mol. The summed E-state index contributed by atoms with van der Waals surface area (Å²) in [7, 11) is 0. The molecule has 0 bridgehead atoms. The fraction of sp³-hybridized carbons (Fsp3) is 0.333. The predicted molar refractivity (Wildman–Crippen MR) is 55.2 cm³/mol. The number of hydrogen-bond acceptors (Lipinski definition) is 0. The molecular formula is C12H15F. The third-order valence-corrected chi connectivity index (χ3v) is 2.04. The van der Waals surface area contributed by atoms with Gasteiger partial charge in [0.25, 0.3) is 0 Å². The smallest absolute Gasteiger partial charge is 0.127 e. The van der Waals surface area contributed by atoms with Crippen LogP contribution in [0.2, 0.25) is 0 Å². The lowest BCUT2D eigenvalue weighted by molar-refractivity contribution is 0.523. The van der Waals surface area contributed by atoms with Crippen molar-refractivity contribution in [2.45, 2.75) is 26.2 Å². The lowest BCUT2D eigenvalue weighted by Crippen LogP contribution is -2.13. The minimum Gasteiger partial charge on any atom is -0.207 e. The first-order chi connectivity index (χ1) is 5.95. The van der Waals surface area contributed by atoms with E-state index in [9.17, 15) is 4.39 Å². The van der Waals surface area contributed by atoms with Crippen molar-refractivity contribution in [2.75, 3.05) is 0 Å². The summed E-state index contributed by atoms with van der Waals surface area (Å²) in [4.78, 5) is 0. The molecule has 0 aliphatic carbocycles. The van der Waals surface area contributed by atoms with Crippen molar-refractivity contribution in [1.82, 2.24) is 0 Å². The van der Waals surface area contributed by atoms with E-state index >= 15 is 0 Å². The molecule has 0 fully saturated rings. The second-order valence-corrected chi connectivity index (χ2v) is 4.19. The minimum absolute atomic E-state index is 0.135. The third kappa shape index (κ3) is 2.18. The quantitative estimate of drug-likeness (QED) is 0.614. The highest BCUT2D eigenvalue weighted by molar-refractivity contribution is 5.48. The second-order valence-electron chi connectivity index (χ2n) is 4.19. The Bertz CT molecular complexity index is 318. The van der Waals surface area contributed by atoms with Gasteiger partial charge in [-0.05, 0) is 22.6 Å². The summed E-state index contributed by atoms with van der Waals surface area (Å²) < 4.78 is 13.5. The van der Waals surface area contributed by atoms with E-state index in [0.717, 1.165) is 11.1 Å². The minimum atomic E-state index is -0.148. The van der Waals surface area contributed by atoms with E-state index in [4.69, 9.17) is 0 Å². The Balaban J connectivity index is 3.20. The normalized spacial score (nSPS) is 11.4. The lowest BCUT2D eigenvalue weighted by atomic mass is 9.86. The maximum atomic E-state index is 13.5. The van der Waals surface area contributed by atoms with Crippen LogP contribution in [-0.4, -0.2) is 0 Å². The van der Waals surface area contributed by atoms with Crippen LogP contribution in [0.25, 0.3) is 6.08 Å². The van der Waals surface area contributed by atoms with Crippen LogP contribution in [0, 0.1) is 5.82 Å². The number of halogens is 1. The van der Waals surface area contributed by atoms with Crippen molar-refractivity contribution in [3.05, 3.63) is 41.7 Å².